The highest BCUT2D eigenvalue weighted by Gasteiger charge is 2.12. The van der Waals surface area contributed by atoms with Crippen LogP contribution in [0.2, 0.25) is 0 Å². The second-order valence-corrected chi connectivity index (χ2v) is 5.58. The normalized spacial score (nSPS) is 11.8. The van der Waals surface area contributed by atoms with Crippen LogP contribution in [-0.4, -0.2) is 17.8 Å². The maximum absolute atomic E-state index is 13.3. The van der Waals surface area contributed by atoms with E-state index >= 15 is 0 Å². The minimum atomic E-state index is -0.123. The number of thioether (sulfide) groups is 1. The molecule has 16 heavy (non-hydrogen) atoms. The van der Waals surface area contributed by atoms with Crippen molar-refractivity contribution in [3.8, 4) is 0 Å². The van der Waals surface area contributed by atoms with Gasteiger partial charge in [0.15, 0.2) is 0 Å². The lowest BCUT2D eigenvalue weighted by Gasteiger charge is -2.24. The van der Waals surface area contributed by atoms with E-state index in [1.54, 1.807) is 17.8 Å². The summed E-state index contributed by atoms with van der Waals surface area (Å²) in [7, 11) is 0. The van der Waals surface area contributed by atoms with E-state index in [1.165, 1.54) is 6.07 Å². The third kappa shape index (κ3) is 4.54. The Bertz CT molecular complexity index is 325. The fourth-order valence-corrected chi connectivity index (χ4v) is 2.04. The van der Waals surface area contributed by atoms with Gasteiger partial charge in [-0.2, -0.15) is 0 Å². The summed E-state index contributed by atoms with van der Waals surface area (Å²) in [6.07, 6.45) is 1.09. The van der Waals surface area contributed by atoms with E-state index < -0.39 is 0 Å². The summed E-state index contributed by atoms with van der Waals surface area (Å²) >= 11 is 1.56. The summed E-state index contributed by atoms with van der Waals surface area (Å²) < 4.78 is 13.3. The maximum atomic E-state index is 13.3. The Kier molecular flexibility index (Phi) is 5.29. The number of hydrogen-bond donors (Lipinski definition) is 1. The number of benzene rings is 1. The Morgan fingerprint density at radius 2 is 2.00 bits per heavy atom. The molecular formula is C13H20FNS. The molecular weight excluding hydrogens is 221 g/mol. The van der Waals surface area contributed by atoms with Gasteiger partial charge in [0.05, 0.1) is 0 Å². The van der Waals surface area contributed by atoms with Gasteiger partial charge in [-0.05, 0) is 32.4 Å². The van der Waals surface area contributed by atoms with Crippen LogP contribution in [0.5, 0.6) is 0 Å². The average Bonchev–Trinajstić information content (AvgIpc) is 2.27. The van der Waals surface area contributed by atoms with Gasteiger partial charge in [-0.1, -0.05) is 19.1 Å². The van der Waals surface area contributed by atoms with Gasteiger partial charge in [0.1, 0.15) is 5.82 Å². The Hall–Kier alpha value is -0.540. The van der Waals surface area contributed by atoms with Gasteiger partial charge in [0.25, 0.3) is 0 Å². The zero-order chi connectivity index (χ0) is 12.0. The van der Waals surface area contributed by atoms with Crippen LogP contribution in [0.4, 0.5) is 4.39 Å². The third-order valence-corrected chi connectivity index (χ3v) is 3.73. The predicted molar refractivity (Wildman–Crippen MR) is 69.5 cm³/mol. The molecule has 1 aromatic rings. The number of halogens is 1. The molecule has 1 N–H and O–H groups in total. The van der Waals surface area contributed by atoms with Crippen LogP contribution in [0.3, 0.4) is 0 Å². The Morgan fingerprint density at radius 1 is 1.31 bits per heavy atom. The molecule has 0 amide bonds. The Balaban J connectivity index is 2.29. The van der Waals surface area contributed by atoms with Crippen molar-refractivity contribution < 1.29 is 4.39 Å². The zero-order valence-corrected chi connectivity index (χ0v) is 11.0. The van der Waals surface area contributed by atoms with Crippen molar-refractivity contribution in [1.82, 2.24) is 5.32 Å². The van der Waals surface area contributed by atoms with Crippen LogP contribution in [0.15, 0.2) is 29.2 Å². The fourth-order valence-electron chi connectivity index (χ4n) is 1.24. The monoisotopic (exact) mass is 241 g/mol. The first kappa shape index (κ1) is 13.5. The molecule has 0 aliphatic rings. The molecule has 0 bridgehead atoms. The van der Waals surface area contributed by atoms with Gasteiger partial charge in [-0.15, -0.1) is 11.8 Å². The largest absolute Gasteiger partial charge is 0.311 e. The molecule has 90 valence electrons. The maximum Gasteiger partial charge on any atom is 0.136 e. The molecule has 1 aromatic carbocycles. The lowest BCUT2D eigenvalue weighted by atomic mass is 10.0. The first-order chi connectivity index (χ1) is 7.55. The molecule has 0 unspecified atom stereocenters. The summed E-state index contributed by atoms with van der Waals surface area (Å²) in [5, 5.41) is 3.46. The number of hydrogen-bond acceptors (Lipinski definition) is 2. The van der Waals surface area contributed by atoms with Gasteiger partial charge < -0.3 is 5.32 Å². The van der Waals surface area contributed by atoms with Crippen LogP contribution in [0.1, 0.15) is 27.2 Å². The SMILES string of the molecule is CCC(C)(C)NCCSc1ccccc1F. The second-order valence-electron chi connectivity index (χ2n) is 4.44. The molecule has 0 aromatic heterocycles. The summed E-state index contributed by atoms with van der Waals surface area (Å²) in [5.74, 6) is 0.770. The summed E-state index contributed by atoms with van der Waals surface area (Å²) in [6.45, 7) is 7.43. The zero-order valence-electron chi connectivity index (χ0n) is 10.2. The standard InChI is InChI=1S/C13H20FNS/c1-4-13(2,3)15-9-10-16-12-8-6-5-7-11(12)14/h5-8,15H,4,9-10H2,1-3H3. The van der Waals surface area contributed by atoms with Crippen LogP contribution in [0.25, 0.3) is 0 Å². The molecule has 3 heteroatoms. The highest BCUT2D eigenvalue weighted by molar-refractivity contribution is 7.99. The van der Waals surface area contributed by atoms with Gasteiger partial charge in [-0.3, -0.25) is 0 Å². The summed E-state index contributed by atoms with van der Waals surface area (Å²) in [6, 6.07) is 6.92. The number of nitrogens with one attached hydrogen (secondary N) is 1. The van der Waals surface area contributed by atoms with Crippen molar-refractivity contribution in [3.05, 3.63) is 30.1 Å². The molecule has 0 saturated heterocycles. The molecule has 0 fully saturated rings. The van der Waals surface area contributed by atoms with Gasteiger partial charge in [0.2, 0.25) is 0 Å². The number of rotatable bonds is 6. The van der Waals surface area contributed by atoms with E-state index in [4.69, 9.17) is 0 Å². The van der Waals surface area contributed by atoms with Crippen molar-refractivity contribution in [1.29, 1.82) is 0 Å². The second kappa shape index (κ2) is 6.26. The quantitative estimate of drug-likeness (QED) is 0.602. The lowest BCUT2D eigenvalue weighted by Crippen LogP contribution is -2.39. The molecule has 1 nitrogen and oxygen atoms in total. The third-order valence-electron chi connectivity index (χ3n) is 2.68. The van der Waals surface area contributed by atoms with Crippen LogP contribution in [0, 0.1) is 5.82 Å². The van der Waals surface area contributed by atoms with Crippen molar-refractivity contribution in [2.24, 2.45) is 0 Å². The van der Waals surface area contributed by atoms with E-state index in [1.807, 2.05) is 12.1 Å². The van der Waals surface area contributed by atoms with Crippen molar-refractivity contribution in [2.45, 2.75) is 37.6 Å². The van der Waals surface area contributed by atoms with Gasteiger partial charge in [0, 0.05) is 22.7 Å². The minimum Gasteiger partial charge on any atom is -0.311 e. The lowest BCUT2D eigenvalue weighted by molar-refractivity contribution is 0.388. The molecule has 0 aliphatic heterocycles. The Morgan fingerprint density at radius 3 is 2.62 bits per heavy atom. The van der Waals surface area contributed by atoms with E-state index in [9.17, 15) is 4.39 Å². The van der Waals surface area contributed by atoms with Crippen molar-refractivity contribution >= 4 is 11.8 Å². The van der Waals surface area contributed by atoms with Crippen LogP contribution in [-0.2, 0) is 0 Å². The van der Waals surface area contributed by atoms with E-state index in [2.05, 4.69) is 26.1 Å². The summed E-state index contributed by atoms with van der Waals surface area (Å²) in [4.78, 5) is 0.735. The smallest absolute Gasteiger partial charge is 0.136 e. The molecule has 0 saturated carbocycles. The molecule has 1 rings (SSSR count). The molecule has 0 atom stereocenters. The van der Waals surface area contributed by atoms with E-state index in [0.717, 1.165) is 23.6 Å². The predicted octanol–water partition coefficient (Wildman–Crippen LogP) is 3.70. The molecule has 0 spiro atoms. The van der Waals surface area contributed by atoms with E-state index in [0.29, 0.717) is 0 Å². The fraction of sp³-hybridized carbons (Fsp3) is 0.538. The topological polar surface area (TPSA) is 12.0 Å². The Labute approximate surface area is 102 Å². The molecule has 0 aliphatic carbocycles. The van der Waals surface area contributed by atoms with E-state index in [-0.39, 0.29) is 11.4 Å². The first-order valence-electron chi connectivity index (χ1n) is 5.67. The molecule has 0 heterocycles. The first-order valence-corrected chi connectivity index (χ1v) is 6.66. The van der Waals surface area contributed by atoms with Crippen molar-refractivity contribution in [2.75, 3.05) is 12.3 Å². The highest BCUT2D eigenvalue weighted by atomic mass is 32.2. The van der Waals surface area contributed by atoms with Gasteiger partial charge in [-0.25, -0.2) is 4.39 Å². The molecule has 0 radical (unpaired) electrons. The van der Waals surface area contributed by atoms with Crippen LogP contribution >= 0.6 is 11.8 Å². The van der Waals surface area contributed by atoms with Crippen LogP contribution < -0.4 is 5.32 Å². The minimum absolute atomic E-state index is 0.123. The van der Waals surface area contributed by atoms with Crippen molar-refractivity contribution in [3.63, 3.8) is 0 Å². The van der Waals surface area contributed by atoms with Gasteiger partial charge >= 0.3 is 0 Å². The summed E-state index contributed by atoms with van der Waals surface area (Å²) in [5.41, 5.74) is 0.176. The highest BCUT2D eigenvalue weighted by Crippen LogP contribution is 2.20. The average molecular weight is 241 g/mol.